The van der Waals surface area contributed by atoms with Gasteiger partial charge in [-0.1, -0.05) is 13.8 Å². The third-order valence-electron chi connectivity index (χ3n) is 2.38. The first-order valence-electron chi connectivity index (χ1n) is 5.60. The molecule has 0 saturated heterocycles. The molecule has 0 spiro atoms. The van der Waals surface area contributed by atoms with Gasteiger partial charge in [0.1, 0.15) is 0 Å². The van der Waals surface area contributed by atoms with Gasteiger partial charge in [0.15, 0.2) is 5.82 Å². The minimum absolute atomic E-state index is 0.130. The Balaban J connectivity index is 2.20. The van der Waals surface area contributed by atoms with Gasteiger partial charge >= 0.3 is 5.97 Å². The van der Waals surface area contributed by atoms with Crippen LogP contribution in [-0.2, 0) is 17.6 Å². The number of hydrogen-bond acceptors (Lipinski definition) is 4. The van der Waals surface area contributed by atoms with E-state index in [4.69, 9.17) is 5.11 Å². The standard InChI is InChI=1S/C11H15N3O2S/c1-7(2)5-9-12-11-14(13-9)8(6-17-11)3-4-10(15)16/h6-7H,3-5H2,1-2H3,(H,15,16). The van der Waals surface area contributed by atoms with Crippen molar-refractivity contribution in [2.75, 3.05) is 0 Å². The molecule has 0 atom stereocenters. The van der Waals surface area contributed by atoms with E-state index in [0.29, 0.717) is 12.3 Å². The van der Waals surface area contributed by atoms with Gasteiger partial charge in [-0.3, -0.25) is 4.79 Å². The van der Waals surface area contributed by atoms with Crippen molar-refractivity contribution >= 4 is 22.3 Å². The normalized spacial score (nSPS) is 11.5. The van der Waals surface area contributed by atoms with Crippen molar-refractivity contribution in [2.24, 2.45) is 5.92 Å². The number of carbonyl (C=O) groups is 1. The molecule has 2 aromatic rings. The monoisotopic (exact) mass is 253 g/mol. The number of carboxylic acid groups (broad SMARTS) is 1. The molecule has 6 heteroatoms. The lowest BCUT2D eigenvalue weighted by atomic mass is 10.1. The first-order chi connectivity index (χ1) is 8.06. The zero-order chi connectivity index (χ0) is 12.4. The lowest BCUT2D eigenvalue weighted by molar-refractivity contribution is -0.136. The summed E-state index contributed by atoms with van der Waals surface area (Å²) in [6.07, 6.45) is 1.48. The topological polar surface area (TPSA) is 67.5 Å². The highest BCUT2D eigenvalue weighted by molar-refractivity contribution is 7.15. The molecule has 0 saturated carbocycles. The molecular weight excluding hydrogens is 238 g/mol. The van der Waals surface area contributed by atoms with E-state index in [9.17, 15) is 4.79 Å². The molecule has 2 heterocycles. The van der Waals surface area contributed by atoms with Gasteiger partial charge < -0.3 is 5.11 Å². The van der Waals surface area contributed by atoms with Crippen LogP contribution >= 0.6 is 11.3 Å². The number of rotatable bonds is 5. The highest BCUT2D eigenvalue weighted by atomic mass is 32.1. The van der Waals surface area contributed by atoms with Crippen LogP contribution in [0.2, 0.25) is 0 Å². The quantitative estimate of drug-likeness (QED) is 0.885. The number of aliphatic carboxylic acids is 1. The Labute approximate surface area is 103 Å². The van der Waals surface area contributed by atoms with Gasteiger partial charge in [-0.25, -0.2) is 9.50 Å². The van der Waals surface area contributed by atoms with Crippen LogP contribution < -0.4 is 0 Å². The van der Waals surface area contributed by atoms with Gasteiger partial charge in [0.25, 0.3) is 0 Å². The zero-order valence-corrected chi connectivity index (χ0v) is 10.7. The van der Waals surface area contributed by atoms with Crippen molar-refractivity contribution in [3.05, 3.63) is 16.9 Å². The summed E-state index contributed by atoms with van der Waals surface area (Å²) in [4.78, 5) is 15.8. The zero-order valence-electron chi connectivity index (χ0n) is 9.88. The Morgan fingerprint density at radius 2 is 2.35 bits per heavy atom. The number of aryl methyl sites for hydroxylation is 1. The van der Waals surface area contributed by atoms with Crippen LogP contribution in [0.15, 0.2) is 5.38 Å². The van der Waals surface area contributed by atoms with Crippen LogP contribution in [0, 0.1) is 5.92 Å². The number of carboxylic acids is 1. The summed E-state index contributed by atoms with van der Waals surface area (Å²) in [5, 5.41) is 15.0. The predicted octanol–water partition coefficient (Wildman–Crippen LogP) is 2.01. The Bertz CT molecular complexity index is 530. The van der Waals surface area contributed by atoms with Crippen molar-refractivity contribution in [1.29, 1.82) is 0 Å². The molecule has 0 bridgehead atoms. The van der Waals surface area contributed by atoms with Crippen molar-refractivity contribution in [3.63, 3.8) is 0 Å². The Kier molecular flexibility index (Phi) is 3.42. The van der Waals surface area contributed by atoms with Gasteiger partial charge in [0, 0.05) is 18.2 Å². The molecular formula is C11H15N3O2S. The molecule has 0 radical (unpaired) electrons. The van der Waals surface area contributed by atoms with Crippen molar-refractivity contribution in [2.45, 2.75) is 33.1 Å². The van der Waals surface area contributed by atoms with E-state index in [1.165, 1.54) is 11.3 Å². The average Bonchev–Trinajstić information content (AvgIpc) is 2.73. The summed E-state index contributed by atoms with van der Waals surface area (Å²) in [6, 6.07) is 0. The van der Waals surface area contributed by atoms with Gasteiger partial charge in [-0.2, -0.15) is 5.10 Å². The molecule has 0 aliphatic carbocycles. The van der Waals surface area contributed by atoms with Crippen molar-refractivity contribution in [1.82, 2.24) is 14.6 Å². The van der Waals surface area contributed by atoms with Crippen molar-refractivity contribution in [3.8, 4) is 0 Å². The van der Waals surface area contributed by atoms with Gasteiger partial charge in [-0.05, 0) is 5.92 Å². The predicted molar refractivity (Wildman–Crippen MR) is 65.4 cm³/mol. The lowest BCUT2D eigenvalue weighted by Crippen LogP contribution is -2.01. The SMILES string of the molecule is CC(C)Cc1nc2scc(CCC(=O)O)n2n1. The first-order valence-corrected chi connectivity index (χ1v) is 6.48. The summed E-state index contributed by atoms with van der Waals surface area (Å²) in [6.45, 7) is 4.25. The molecule has 17 heavy (non-hydrogen) atoms. The largest absolute Gasteiger partial charge is 0.481 e. The van der Waals surface area contributed by atoms with E-state index in [1.54, 1.807) is 4.52 Å². The molecule has 0 aliphatic rings. The van der Waals surface area contributed by atoms with Crippen LogP contribution in [0.25, 0.3) is 4.96 Å². The minimum Gasteiger partial charge on any atom is -0.481 e. The molecule has 0 amide bonds. The Hall–Kier alpha value is -1.43. The summed E-state index contributed by atoms with van der Waals surface area (Å²) in [5.74, 6) is 0.574. The highest BCUT2D eigenvalue weighted by Gasteiger charge is 2.11. The fraction of sp³-hybridized carbons (Fsp3) is 0.545. The Morgan fingerprint density at radius 1 is 1.59 bits per heavy atom. The minimum atomic E-state index is -0.785. The molecule has 92 valence electrons. The second kappa shape index (κ2) is 4.83. The number of nitrogens with zero attached hydrogens (tertiary/aromatic N) is 3. The molecule has 1 N–H and O–H groups in total. The average molecular weight is 253 g/mol. The third kappa shape index (κ3) is 2.82. The fourth-order valence-corrected chi connectivity index (χ4v) is 2.50. The summed E-state index contributed by atoms with van der Waals surface area (Å²) in [5.41, 5.74) is 0.926. The molecule has 5 nitrogen and oxygen atoms in total. The maximum absolute atomic E-state index is 10.5. The maximum atomic E-state index is 10.5. The molecule has 0 unspecified atom stereocenters. The van der Waals surface area contributed by atoms with Gasteiger partial charge in [0.2, 0.25) is 4.96 Å². The summed E-state index contributed by atoms with van der Waals surface area (Å²) >= 11 is 1.51. The number of aromatic nitrogens is 3. The maximum Gasteiger partial charge on any atom is 0.303 e. The number of hydrogen-bond donors (Lipinski definition) is 1. The van der Waals surface area contributed by atoms with Gasteiger partial charge in [-0.15, -0.1) is 11.3 Å². The van der Waals surface area contributed by atoms with Crippen LogP contribution in [0.5, 0.6) is 0 Å². The Morgan fingerprint density at radius 3 is 3.00 bits per heavy atom. The number of thiazole rings is 1. The van der Waals surface area contributed by atoms with Crippen LogP contribution in [0.1, 0.15) is 31.8 Å². The van der Waals surface area contributed by atoms with E-state index in [-0.39, 0.29) is 6.42 Å². The third-order valence-corrected chi connectivity index (χ3v) is 3.24. The highest BCUT2D eigenvalue weighted by Crippen LogP contribution is 2.17. The smallest absolute Gasteiger partial charge is 0.303 e. The summed E-state index contributed by atoms with van der Waals surface area (Å²) in [7, 11) is 0. The summed E-state index contributed by atoms with van der Waals surface area (Å²) < 4.78 is 1.77. The van der Waals surface area contributed by atoms with E-state index in [2.05, 4.69) is 23.9 Å². The van der Waals surface area contributed by atoms with Gasteiger partial charge in [0.05, 0.1) is 12.1 Å². The molecule has 2 aromatic heterocycles. The first kappa shape index (κ1) is 12.0. The molecule has 2 rings (SSSR count). The van der Waals surface area contributed by atoms with Crippen LogP contribution in [0.4, 0.5) is 0 Å². The van der Waals surface area contributed by atoms with E-state index < -0.39 is 5.97 Å². The van der Waals surface area contributed by atoms with Crippen molar-refractivity contribution < 1.29 is 9.90 Å². The lowest BCUT2D eigenvalue weighted by Gasteiger charge is -1.98. The van der Waals surface area contributed by atoms with E-state index in [1.807, 2.05) is 5.38 Å². The van der Waals surface area contributed by atoms with E-state index >= 15 is 0 Å². The second-order valence-corrected chi connectivity index (χ2v) is 5.28. The van der Waals surface area contributed by atoms with E-state index in [0.717, 1.165) is 22.9 Å². The molecule has 0 fully saturated rings. The van der Waals surface area contributed by atoms with Crippen LogP contribution in [-0.4, -0.2) is 25.7 Å². The molecule has 0 aromatic carbocycles. The fourth-order valence-electron chi connectivity index (χ4n) is 1.62. The number of fused-ring (bicyclic) bond motifs is 1. The van der Waals surface area contributed by atoms with Crippen LogP contribution in [0.3, 0.4) is 0 Å². The molecule has 0 aliphatic heterocycles. The second-order valence-electron chi connectivity index (χ2n) is 4.44.